The fraction of sp³-hybridized carbons (Fsp3) is 0.300. The minimum Gasteiger partial charge on any atom is -0.344 e. The molecule has 0 bridgehead atoms. The van der Waals surface area contributed by atoms with E-state index < -0.39 is 0 Å². The summed E-state index contributed by atoms with van der Waals surface area (Å²) in [5.41, 5.74) is 0.983. The van der Waals surface area contributed by atoms with E-state index in [1.165, 1.54) is 0 Å². The van der Waals surface area contributed by atoms with Gasteiger partial charge in [-0.2, -0.15) is 0 Å². The van der Waals surface area contributed by atoms with Gasteiger partial charge in [-0.1, -0.05) is 32.0 Å². The van der Waals surface area contributed by atoms with Crippen molar-refractivity contribution in [1.82, 2.24) is 0 Å². The van der Waals surface area contributed by atoms with E-state index in [1.807, 2.05) is 44.2 Å². The molecule has 1 rings (SSSR count). The largest absolute Gasteiger partial charge is 0.344 e. The second kappa shape index (κ2) is 7.65. The molecule has 14 heavy (non-hydrogen) atoms. The van der Waals surface area contributed by atoms with Crippen LogP contribution in [0.5, 0.6) is 0 Å². The van der Waals surface area contributed by atoms with Crippen molar-refractivity contribution in [2.45, 2.75) is 13.8 Å². The van der Waals surface area contributed by atoms with Gasteiger partial charge in [0, 0.05) is 11.6 Å². The van der Waals surface area contributed by atoms with Crippen molar-refractivity contribution in [3.05, 3.63) is 30.3 Å². The van der Waals surface area contributed by atoms with E-state index >= 15 is 0 Å². The highest BCUT2D eigenvalue weighted by molar-refractivity contribution is 5.94. The number of hydrogen-bond donors (Lipinski definition) is 2. The summed E-state index contributed by atoms with van der Waals surface area (Å²) in [6.45, 7) is 4.00. The molecule has 0 atom stereocenters. The van der Waals surface area contributed by atoms with Gasteiger partial charge in [0.25, 0.3) is 0 Å². The van der Waals surface area contributed by atoms with Crippen LogP contribution in [-0.4, -0.2) is 5.84 Å². The molecular formula is C10H16Cl2N2. The molecule has 1 aromatic carbocycles. The average molecular weight is 235 g/mol. The molecule has 0 unspecified atom stereocenters. The van der Waals surface area contributed by atoms with Crippen LogP contribution >= 0.6 is 24.8 Å². The van der Waals surface area contributed by atoms with Crippen LogP contribution in [0.15, 0.2) is 30.3 Å². The summed E-state index contributed by atoms with van der Waals surface area (Å²) in [5, 5.41) is 10.6. The molecule has 0 spiro atoms. The molecule has 0 amide bonds. The van der Waals surface area contributed by atoms with Gasteiger partial charge in [0.05, 0.1) is 0 Å². The van der Waals surface area contributed by atoms with E-state index in [2.05, 4.69) is 5.32 Å². The lowest BCUT2D eigenvalue weighted by molar-refractivity contribution is 0.873. The standard InChI is InChI=1S/C10H14N2.2ClH/c1-8(2)10(11)12-9-6-4-3-5-7-9;;/h3-8H,1-2H3,(H2,11,12);2*1H. The van der Waals surface area contributed by atoms with Gasteiger partial charge in [0.15, 0.2) is 0 Å². The highest BCUT2D eigenvalue weighted by Crippen LogP contribution is 2.06. The molecule has 0 saturated carbocycles. The van der Waals surface area contributed by atoms with Gasteiger partial charge in [-0.05, 0) is 12.1 Å². The van der Waals surface area contributed by atoms with Crippen LogP contribution < -0.4 is 5.32 Å². The zero-order valence-electron chi connectivity index (χ0n) is 8.28. The Labute approximate surface area is 97.4 Å². The third-order valence-electron chi connectivity index (χ3n) is 1.63. The van der Waals surface area contributed by atoms with Crippen molar-refractivity contribution in [2.75, 3.05) is 5.32 Å². The second-order valence-corrected chi connectivity index (χ2v) is 3.06. The molecule has 0 radical (unpaired) electrons. The van der Waals surface area contributed by atoms with Crippen LogP contribution in [-0.2, 0) is 0 Å². The van der Waals surface area contributed by atoms with Crippen molar-refractivity contribution in [3.8, 4) is 0 Å². The van der Waals surface area contributed by atoms with Crippen molar-refractivity contribution < 1.29 is 0 Å². The summed E-state index contributed by atoms with van der Waals surface area (Å²) in [6.07, 6.45) is 0. The average Bonchev–Trinajstić information content (AvgIpc) is 2.06. The summed E-state index contributed by atoms with van der Waals surface area (Å²) < 4.78 is 0. The second-order valence-electron chi connectivity index (χ2n) is 3.06. The monoisotopic (exact) mass is 234 g/mol. The minimum atomic E-state index is 0. The summed E-state index contributed by atoms with van der Waals surface area (Å²) >= 11 is 0. The molecule has 0 aliphatic rings. The molecule has 2 nitrogen and oxygen atoms in total. The molecule has 0 aromatic heterocycles. The predicted octanol–water partition coefficient (Wildman–Crippen LogP) is 3.58. The van der Waals surface area contributed by atoms with Crippen molar-refractivity contribution >= 4 is 36.3 Å². The molecule has 0 aliphatic carbocycles. The minimum absolute atomic E-state index is 0. The topological polar surface area (TPSA) is 35.9 Å². The molecule has 80 valence electrons. The van der Waals surface area contributed by atoms with Crippen molar-refractivity contribution in [3.63, 3.8) is 0 Å². The summed E-state index contributed by atoms with van der Waals surface area (Å²) in [4.78, 5) is 0. The molecule has 2 N–H and O–H groups in total. The zero-order valence-corrected chi connectivity index (χ0v) is 9.91. The summed E-state index contributed by atoms with van der Waals surface area (Å²) in [7, 11) is 0. The van der Waals surface area contributed by atoms with Gasteiger partial charge in [0.1, 0.15) is 5.84 Å². The lowest BCUT2D eigenvalue weighted by Crippen LogP contribution is -2.16. The third kappa shape index (κ3) is 5.10. The van der Waals surface area contributed by atoms with Gasteiger partial charge in [-0.15, -0.1) is 24.8 Å². The van der Waals surface area contributed by atoms with E-state index in [0.717, 1.165) is 5.69 Å². The highest BCUT2D eigenvalue weighted by atomic mass is 35.5. The number of anilines is 1. The van der Waals surface area contributed by atoms with Crippen LogP contribution in [0.2, 0.25) is 0 Å². The fourth-order valence-corrected chi connectivity index (χ4v) is 0.821. The Morgan fingerprint density at radius 3 is 2.07 bits per heavy atom. The zero-order chi connectivity index (χ0) is 8.97. The first-order valence-corrected chi connectivity index (χ1v) is 4.10. The van der Waals surface area contributed by atoms with Crippen molar-refractivity contribution in [2.24, 2.45) is 5.92 Å². The van der Waals surface area contributed by atoms with Crippen molar-refractivity contribution in [1.29, 1.82) is 5.41 Å². The number of amidine groups is 1. The van der Waals surface area contributed by atoms with Gasteiger partial charge in [-0.25, -0.2) is 0 Å². The Morgan fingerprint density at radius 2 is 1.64 bits per heavy atom. The Hall–Kier alpha value is -0.730. The van der Waals surface area contributed by atoms with E-state index in [4.69, 9.17) is 5.41 Å². The van der Waals surface area contributed by atoms with Gasteiger partial charge in [0.2, 0.25) is 0 Å². The Kier molecular flexibility index (Phi) is 8.60. The first-order chi connectivity index (χ1) is 5.70. The Balaban J connectivity index is 0. The van der Waals surface area contributed by atoms with Gasteiger partial charge in [-0.3, -0.25) is 5.41 Å². The van der Waals surface area contributed by atoms with E-state index in [1.54, 1.807) is 0 Å². The Morgan fingerprint density at radius 1 is 1.14 bits per heavy atom. The number of para-hydroxylation sites is 1. The number of hydrogen-bond acceptors (Lipinski definition) is 1. The summed E-state index contributed by atoms with van der Waals surface area (Å²) in [5.74, 6) is 0.811. The first-order valence-electron chi connectivity index (χ1n) is 4.10. The maximum absolute atomic E-state index is 7.57. The molecule has 0 heterocycles. The number of nitrogens with one attached hydrogen (secondary N) is 2. The van der Waals surface area contributed by atoms with Crippen LogP contribution in [0.25, 0.3) is 0 Å². The molecular weight excluding hydrogens is 219 g/mol. The lowest BCUT2D eigenvalue weighted by Gasteiger charge is -2.09. The third-order valence-corrected chi connectivity index (χ3v) is 1.63. The van der Waals surface area contributed by atoms with Gasteiger partial charge < -0.3 is 5.32 Å². The van der Waals surface area contributed by atoms with Crippen LogP contribution in [0, 0.1) is 11.3 Å². The molecule has 0 fully saturated rings. The highest BCUT2D eigenvalue weighted by Gasteiger charge is 2.00. The number of halogens is 2. The number of rotatable bonds is 2. The van der Waals surface area contributed by atoms with Crippen LogP contribution in [0.3, 0.4) is 0 Å². The predicted molar refractivity (Wildman–Crippen MR) is 67.1 cm³/mol. The van der Waals surface area contributed by atoms with Crippen LogP contribution in [0.1, 0.15) is 13.8 Å². The SMILES string of the molecule is CC(C)C(=N)Nc1ccccc1.Cl.Cl. The number of benzene rings is 1. The van der Waals surface area contributed by atoms with E-state index in [-0.39, 0.29) is 30.7 Å². The van der Waals surface area contributed by atoms with E-state index in [9.17, 15) is 0 Å². The van der Waals surface area contributed by atoms with E-state index in [0.29, 0.717) is 5.84 Å². The molecule has 0 aliphatic heterocycles. The van der Waals surface area contributed by atoms with Gasteiger partial charge >= 0.3 is 0 Å². The smallest absolute Gasteiger partial charge is 0.100 e. The first kappa shape index (κ1) is 15.7. The lowest BCUT2D eigenvalue weighted by atomic mass is 10.2. The normalized spacial score (nSPS) is 8.50. The maximum atomic E-state index is 7.57. The summed E-state index contributed by atoms with van der Waals surface area (Å²) in [6, 6.07) is 9.78. The van der Waals surface area contributed by atoms with Crippen LogP contribution in [0.4, 0.5) is 5.69 Å². The molecule has 4 heteroatoms. The molecule has 0 saturated heterocycles. The fourth-order valence-electron chi connectivity index (χ4n) is 0.821. The molecule has 1 aromatic rings. The Bertz CT molecular complexity index is 260. The maximum Gasteiger partial charge on any atom is 0.100 e. The quantitative estimate of drug-likeness (QED) is 0.596.